The third-order valence-corrected chi connectivity index (χ3v) is 2.40. The summed E-state index contributed by atoms with van der Waals surface area (Å²) in [6.07, 6.45) is 0. The highest BCUT2D eigenvalue weighted by Crippen LogP contribution is 2.19. The smallest absolute Gasteiger partial charge is 0.0839 e. The Hall–Kier alpha value is -1.71. The molecule has 0 fully saturated rings. The number of hydrogen-bond acceptors (Lipinski definition) is 0. The van der Waals surface area contributed by atoms with Crippen molar-refractivity contribution in [2.24, 2.45) is 0 Å². The quantitative estimate of drug-likeness (QED) is 0.510. The van der Waals surface area contributed by atoms with Gasteiger partial charge in [-0.3, -0.25) is 0 Å². The zero-order valence-electron chi connectivity index (χ0n) is 8.78. The van der Waals surface area contributed by atoms with E-state index in [-0.39, 0.29) is 0 Å². The van der Waals surface area contributed by atoms with Gasteiger partial charge in [0, 0.05) is 5.56 Å². The van der Waals surface area contributed by atoms with Gasteiger partial charge in [-0.1, -0.05) is 54.3 Å². The average molecular weight is 227 g/mol. The second kappa shape index (κ2) is 5.39. The summed E-state index contributed by atoms with van der Waals surface area (Å²) in [4.78, 5) is 0. The third kappa shape index (κ3) is 2.66. The molecular formula is C15H11Cl. The molecule has 2 rings (SSSR count). The molecule has 0 atom stereocenters. The molecule has 0 spiro atoms. The van der Waals surface area contributed by atoms with Crippen LogP contribution in [0.25, 0.3) is 11.1 Å². The first kappa shape index (κ1) is 10.8. The minimum atomic E-state index is 0.371. The summed E-state index contributed by atoms with van der Waals surface area (Å²) in [5.41, 5.74) is 3.39. The topological polar surface area (TPSA) is 0 Å². The van der Waals surface area contributed by atoms with E-state index >= 15 is 0 Å². The normalized spacial score (nSPS) is 9.31. The second-order valence-corrected chi connectivity index (χ2v) is 3.65. The molecule has 0 radical (unpaired) electrons. The number of benzene rings is 2. The van der Waals surface area contributed by atoms with Gasteiger partial charge >= 0.3 is 0 Å². The number of hydrogen-bond donors (Lipinski definition) is 0. The number of rotatable bonds is 1. The Labute approximate surface area is 101 Å². The Balaban J connectivity index is 2.37. The van der Waals surface area contributed by atoms with Crippen LogP contribution >= 0.6 is 11.6 Å². The van der Waals surface area contributed by atoms with Crippen molar-refractivity contribution in [3.63, 3.8) is 0 Å². The van der Waals surface area contributed by atoms with Gasteiger partial charge in [-0.2, -0.15) is 0 Å². The fraction of sp³-hybridized carbons (Fsp3) is 0.0667. The van der Waals surface area contributed by atoms with E-state index in [1.807, 2.05) is 30.3 Å². The lowest BCUT2D eigenvalue weighted by molar-refractivity contribution is 1.59. The van der Waals surface area contributed by atoms with Crippen molar-refractivity contribution in [2.45, 2.75) is 0 Å². The van der Waals surface area contributed by atoms with E-state index in [0.29, 0.717) is 5.88 Å². The largest absolute Gasteiger partial charge is 0.113 e. The molecule has 0 amide bonds. The zero-order valence-corrected chi connectivity index (χ0v) is 9.54. The average Bonchev–Trinajstić information content (AvgIpc) is 2.38. The summed E-state index contributed by atoms with van der Waals surface area (Å²) >= 11 is 5.53. The van der Waals surface area contributed by atoms with Crippen LogP contribution in [0.1, 0.15) is 5.56 Å². The molecule has 0 aliphatic rings. The molecular weight excluding hydrogens is 216 g/mol. The summed E-state index contributed by atoms with van der Waals surface area (Å²) < 4.78 is 0. The first-order valence-corrected chi connectivity index (χ1v) is 5.64. The molecule has 78 valence electrons. The molecule has 0 saturated heterocycles. The van der Waals surface area contributed by atoms with Gasteiger partial charge in [-0.25, -0.2) is 0 Å². The lowest BCUT2D eigenvalue weighted by Crippen LogP contribution is -1.79. The predicted octanol–water partition coefficient (Wildman–Crippen LogP) is 3.94. The fourth-order valence-electron chi connectivity index (χ4n) is 1.54. The molecule has 0 aliphatic heterocycles. The van der Waals surface area contributed by atoms with E-state index in [9.17, 15) is 0 Å². The van der Waals surface area contributed by atoms with Gasteiger partial charge in [0.1, 0.15) is 0 Å². The highest BCUT2D eigenvalue weighted by atomic mass is 35.5. The molecule has 2 aromatic rings. The summed E-state index contributed by atoms with van der Waals surface area (Å²) in [5, 5.41) is 0. The first-order valence-electron chi connectivity index (χ1n) is 5.10. The number of alkyl halides is 1. The van der Waals surface area contributed by atoms with Gasteiger partial charge in [0.2, 0.25) is 0 Å². The molecule has 16 heavy (non-hydrogen) atoms. The highest BCUT2D eigenvalue weighted by molar-refractivity contribution is 6.19. The molecule has 0 unspecified atom stereocenters. The lowest BCUT2D eigenvalue weighted by Gasteiger charge is -2.01. The Bertz CT molecular complexity index is 518. The summed E-state index contributed by atoms with van der Waals surface area (Å²) in [5.74, 6) is 6.25. The number of halogens is 1. The van der Waals surface area contributed by atoms with Crippen LogP contribution in [0.4, 0.5) is 0 Å². The lowest BCUT2D eigenvalue weighted by atomic mass is 10.0. The van der Waals surface area contributed by atoms with Gasteiger partial charge in [-0.05, 0) is 23.3 Å². The van der Waals surface area contributed by atoms with Gasteiger partial charge in [0.15, 0.2) is 0 Å². The van der Waals surface area contributed by atoms with Gasteiger partial charge < -0.3 is 0 Å². The summed E-state index contributed by atoms with van der Waals surface area (Å²) in [6.45, 7) is 0. The van der Waals surface area contributed by atoms with E-state index in [2.05, 4.69) is 36.1 Å². The van der Waals surface area contributed by atoms with Gasteiger partial charge in [-0.15, -0.1) is 11.6 Å². The Morgan fingerprint density at radius 3 is 2.38 bits per heavy atom. The minimum absolute atomic E-state index is 0.371. The van der Waals surface area contributed by atoms with E-state index < -0.39 is 0 Å². The molecule has 0 heterocycles. The fourth-order valence-corrected chi connectivity index (χ4v) is 1.61. The molecule has 2 aromatic carbocycles. The van der Waals surface area contributed by atoms with Gasteiger partial charge in [0.05, 0.1) is 5.88 Å². The monoisotopic (exact) mass is 226 g/mol. The Morgan fingerprint density at radius 1 is 0.875 bits per heavy atom. The van der Waals surface area contributed by atoms with Crippen LogP contribution < -0.4 is 0 Å². The van der Waals surface area contributed by atoms with Gasteiger partial charge in [0.25, 0.3) is 0 Å². The van der Waals surface area contributed by atoms with Crippen LogP contribution in [0.2, 0.25) is 0 Å². The molecule has 0 bridgehead atoms. The van der Waals surface area contributed by atoms with Crippen LogP contribution in [0, 0.1) is 11.8 Å². The maximum Gasteiger partial charge on any atom is 0.0839 e. The maximum atomic E-state index is 5.53. The highest BCUT2D eigenvalue weighted by Gasteiger charge is 1.96. The van der Waals surface area contributed by atoms with Crippen LogP contribution in [0.3, 0.4) is 0 Å². The van der Waals surface area contributed by atoms with E-state index in [4.69, 9.17) is 11.6 Å². The standard InChI is InChI=1S/C15H11Cl/c16-11-5-7-13-6-4-10-15(12-13)14-8-2-1-3-9-14/h1-4,6,8-10,12H,11H2. The molecule has 0 nitrogen and oxygen atoms in total. The van der Waals surface area contributed by atoms with Crippen LogP contribution in [-0.2, 0) is 0 Å². The van der Waals surface area contributed by atoms with E-state index in [1.54, 1.807) is 0 Å². The van der Waals surface area contributed by atoms with Crippen molar-refractivity contribution >= 4 is 11.6 Å². The van der Waals surface area contributed by atoms with Crippen molar-refractivity contribution in [3.05, 3.63) is 60.2 Å². The summed E-state index contributed by atoms with van der Waals surface area (Å²) in [7, 11) is 0. The van der Waals surface area contributed by atoms with E-state index in [1.165, 1.54) is 11.1 Å². The van der Waals surface area contributed by atoms with Crippen molar-refractivity contribution in [2.75, 3.05) is 5.88 Å². The molecule has 1 heteroatoms. The van der Waals surface area contributed by atoms with Crippen molar-refractivity contribution in [3.8, 4) is 23.0 Å². The SMILES string of the molecule is ClCC#Cc1cccc(-c2ccccc2)c1. The third-order valence-electron chi connectivity index (χ3n) is 2.27. The van der Waals surface area contributed by atoms with Crippen molar-refractivity contribution in [1.82, 2.24) is 0 Å². The Morgan fingerprint density at radius 2 is 1.62 bits per heavy atom. The zero-order chi connectivity index (χ0) is 11.2. The molecule has 0 saturated carbocycles. The first-order chi connectivity index (χ1) is 7.90. The van der Waals surface area contributed by atoms with Crippen LogP contribution in [-0.4, -0.2) is 5.88 Å². The minimum Gasteiger partial charge on any atom is -0.113 e. The Kier molecular flexibility index (Phi) is 3.64. The predicted molar refractivity (Wildman–Crippen MR) is 69.5 cm³/mol. The van der Waals surface area contributed by atoms with E-state index in [0.717, 1.165) is 5.56 Å². The van der Waals surface area contributed by atoms with Crippen LogP contribution in [0.15, 0.2) is 54.6 Å². The molecule has 0 aliphatic carbocycles. The molecule has 0 N–H and O–H groups in total. The van der Waals surface area contributed by atoms with Crippen molar-refractivity contribution < 1.29 is 0 Å². The van der Waals surface area contributed by atoms with Crippen molar-refractivity contribution in [1.29, 1.82) is 0 Å². The summed E-state index contributed by atoms with van der Waals surface area (Å²) in [6, 6.07) is 18.4. The second-order valence-electron chi connectivity index (χ2n) is 3.38. The maximum absolute atomic E-state index is 5.53. The molecule has 0 aromatic heterocycles. The van der Waals surface area contributed by atoms with Crippen LogP contribution in [0.5, 0.6) is 0 Å².